The summed E-state index contributed by atoms with van der Waals surface area (Å²) >= 11 is 0. The highest BCUT2D eigenvalue weighted by Gasteiger charge is 2.18. The predicted octanol–water partition coefficient (Wildman–Crippen LogP) is 14.4. The van der Waals surface area contributed by atoms with Crippen LogP contribution in [0.4, 0.5) is 17.1 Å². The normalized spacial score (nSPS) is 11.3. The number of fused-ring (bicyclic) bond motifs is 4. The van der Waals surface area contributed by atoms with Gasteiger partial charge in [0.05, 0.1) is 11.0 Å². The molecule has 0 fully saturated rings. The Hall–Kier alpha value is -7.16. The van der Waals surface area contributed by atoms with Crippen LogP contribution in [0.2, 0.25) is 0 Å². The van der Waals surface area contributed by atoms with Crippen LogP contribution in [0, 0.1) is 0 Å². The van der Waals surface area contributed by atoms with Gasteiger partial charge in [-0.25, -0.2) is 0 Å². The standard InChI is InChI=1S/C52H36N2/c1-4-14-37(15-5-1)38-24-26-43(27-25-38)53(46-32-33-47(39-16-6-2-7-17-39)49(36-46)40-18-8-3-9-19-40)44-28-30-45(31-29-44)54-51-23-13-12-22-48(51)50-34-41-20-10-11-21-42(41)35-52(50)54/h1-36H. The maximum Gasteiger partial charge on any atom is 0.0547 e. The summed E-state index contributed by atoms with van der Waals surface area (Å²) < 4.78 is 2.40. The van der Waals surface area contributed by atoms with Crippen molar-refractivity contribution in [2.45, 2.75) is 0 Å². The van der Waals surface area contributed by atoms with Crippen LogP contribution >= 0.6 is 0 Å². The fourth-order valence-electron chi connectivity index (χ4n) is 7.96. The molecule has 1 aromatic heterocycles. The van der Waals surface area contributed by atoms with Gasteiger partial charge in [0.15, 0.2) is 0 Å². The summed E-state index contributed by atoms with van der Waals surface area (Å²) in [4.78, 5) is 2.37. The lowest BCUT2D eigenvalue weighted by Gasteiger charge is -2.27. The van der Waals surface area contributed by atoms with E-state index in [0.29, 0.717) is 0 Å². The van der Waals surface area contributed by atoms with Crippen molar-refractivity contribution in [2.24, 2.45) is 0 Å². The molecule has 2 nitrogen and oxygen atoms in total. The molecule has 0 aliphatic carbocycles. The van der Waals surface area contributed by atoms with Crippen molar-refractivity contribution in [1.29, 1.82) is 0 Å². The van der Waals surface area contributed by atoms with Crippen LogP contribution in [-0.2, 0) is 0 Å². The molecule has 10 aromatic rings. The zero-order valence-corrected chi connectivity index (χ0v) is 29.7. The van der Waals surface area contributed by atoms with Crippen molar-refractivity contribution < 1.29 is 0 Å². The van der Waals surface area contributed by atoms with Crippen LogP contribution in [0.1, 0.15) is 0 Å². The summed E-state index contributed by atoms with van der Waals surface area (Å²) in [6.45, 7) is 0. The molecule has 54 heavy (non-hydrogen) atoms. The number of hydrogen-bond acceptors (Lipinski definition) is 1. The zero-order chi connectivity index (χ0) is 35.8. The molecule has 0 saturated heterocycles. The topological polar surface area (TPSA) is 8.17 Å². The molecule has 0 aliphatic rings. The van der Waals surface area contributed by atoms with Gasteiger partial charge in [-0.2, -0.15) is 0 Å². The number of aromatic nitrogens is 1. The number of benzene rings is 9. The van der Waals surface area contributed by atoms with Gasteiger partial charge in [-0.3, -0.25) is 0 Å². The molecule has 0 N–H and O–H groups in total. The van der Waals surface area contributed by atoms with E-state index in [-0.39, 0.29) is 0 Å². The Labute approximate surface area is 315 Å². The molecule has 0 amide bonds. The minimum absolute atomic E-state index is 1.09. The average molecular weight is 689 g/mol. The van der Waals surface area contributed by atoms with Crippen molar-refractivity contribution in [2.75, 3.05) is 4.90 Å². The number of rotatable bonds is 7. The largest absolute Gasteiger partial charge is 0.310 e. The van der Waals surface area contributed by atoms with Crippen LogP contribution in [0.15, 0.2) is 218 Å². The van der Waals surface area contributed by atoms with Crippen LogP contribution < -0.4 is 4.90 Å². The summed E-state index contributed by atoms with van der Waals surface area (Å²) in [5.41, 5.74) is 14.0. The van der Waals surface area contributed by atoms with E-state index in [1.165, 1.54) is 66.0 Å². The molecule has 9 aromatic carbocycles. The summed E-state index contributed by atoms with van der Waals surface area (Å²) in [6, 6.07) is 78.9. The van der Waals surface area contributed by atoms with Crippen molar-refractivity contribution in [3.8, 4) is 39.1 Å². The Balaban J connectivity index is 1.13. The molecule has 254 valence electrons. The number of anilines is 3. The minimum Gasteiger partial charge on any atom is -0.310 e. The second-order valence-corrected chi connectivity index (χ2v) is 13.8. The van der Waals surface area contributed by atoms with Gasteiger partial charge >= 0.3 is 0 Å². The minimum atomic E-state index is 1.09. The molecule has 0 bridgehead atoms. The van der Waals surface area contributed by atoms with Gasteiger partial charge in [0.25, 0.3) is 0 Å². The zero-order valence-electron chi connectivity index (χ0n) is 29.7. The number of hydrogen-bond donors (Lipinski definition) is 0. The Kier molecular flexibility index (Phi) is 7.85. The van der Waals surface area contributed by atoms with Crippen LogP contribution in [0.3, 0.4) is 0 Å². The van der Waals surface area contributed by atoms with Crippen molar-refractivity contribution in [1.82, 2.24) is 4.57 Å². The average Bonchev–Trinajstić information content (AvgIpc) is 3.57. The van der Waals surface area contributed by atoms with E-state index >= 15 is 0 Å². The molecule has 0 unspecified atom stereocenters. The second kappa shape index (κ2) is 13.4. The van der Waals surface area contributed by atoms with Crippen LogP contribution in [0.25, 0.3) is 71.6 Å². The molecule has 0 aliphatic heterocycles. The third kappa shape index (κ3) is 5.62. The first-order chi connectivity index (χ1) is 26.8. The smallest absolute Gasteiger partial charge is 0.0547 e. The molecular weight excluding hydrogens is 653 g/mol. The molecular formula is C52H36N2. The van der Waals surface area contributed by atoms with Crippen LogP contribution in [-0.4, -0.2) is 4.57 Å². The SMILES string of the molecule is c1ccc(-c2ccc(N(c3ccc(-n4c5ccccc5c5cc6ccccc6cc54)cc3)c3ccc(-c4ccccc4)c(-c4ccccc4)c3)cc2)cc1. The van der Waals surface area contributed by atoms with Gasteiger partial charge in [0.1, 0.15) is 0 Å². The Bertz CT molecular complexity index is 2890. The molecule has 0 spiro atoms. The first-order valence-corrected chi connectivity index (χ1v) is 18.5. The van der Waals surface area contributed by atoms with E-state index in [0.717, 1.165) is 22.7 Å². The monoisotopic (exact) mass is 688 g/mol. The highest BCUT2D eigenvalue weighted by molar-refractivity contribution is 6.13. The molecule has 0 saturated carbocycles. The van der Waals surface area contributed by atoms with E-state index in [9.17, 15) is 0 Å². The second-order valence-electron chi connectivity index (χ2n) is 13.8. The quantitative estimate of drug-likeness (QED) is 0.162. The molecule has 2 heteroatoms. The van der Waals surface area contributed by atoms with Gasteiger partial charge < -0.3 is 9.47 Å². The summed E-state index contributed by atoms with van der Waals surface area (Å²) in [5, 5.41) is 5.02. The Morgan fingerprint density at radius 2 is 0.796 bits per heavy atom. The lowest BCUT2D eigenvalue weighted by molar-refractivity contribution is 1.17. The van der Waals surface area contributed by atoms with Gasteiger partial charge in [0, 0.05) is 33.5 Å². The highest BCUT2D eigenvalue weighted by atomic mass is 15.1. The first kappa shape index (κ1) is 31.6. The lowest BCUT2D eigenvalue weighted by Crippen LogP contribution is -2.10. The number of para-hydroxylation sites is 1. The molecule has 0 radical (unpaired) electrons. The van der Waals surface area contributed by atoms with E-state index < -0.39 is 0 Å². The predicted molar refractivity (Wildman–Crippen MR) is 229 cm³/mol. The van der Waals surface area contributed by atoms with E-state index in [1.807, 2.05) is 0 Å². The fourth-order valence-corrected chi connectivity index (χ4v) is 7.96. The van der Waals surface area contributed by atoms with Crippen molar-refractivity contribution >= 4 is 49.6 Å². The highest BCUT2D eigenvalue weighted by Crippen LogP contribution is 2.42. The molecule has 0 atom stereocenters. The Morgan fingerprint density at radius 3 is 1.46 bits per heavy atom. The lowest BCUT2D eigenvalue weighted by atomic mass is 9.93. The summed E-state index contributed by atoms with van der Waals surface area (Å²) in [7, 11) is 0. The van der Waals surface area contributed by atoms with Crippen molar-refractivity contribution in [3.63, 3.8) is 0 Å². The van der Waals surface area contributed by atoms with Gasteiger partial charge in [0.2, 0.25) is 0 Å². The number of nitrogens with zero attached hydrogens (tertiary/aromatic N) is 2. The van der Waals surface area contributed by atoms with E-state index in [2.05, 4.69) is 228 Å². The third-order valence-corrected chi connectivity index (χ3v) is 10.6. The third-order valence-electron chi connectivity index (χ3n) is 10.6. The van der Waals surface area contributed by atoms with Crippen molar-refractivity contribution in [3.05, 3.63) is 218 Å². The molecule has 1 heterocycles. The summed E-state index contributed by atoms with van der Waals surface area (Å²) in [6.07, 6.45) is 0. The maximum atomic E-state index is 2.40. The van der Waals surface area contributed by atoms with Crippen LogP contribution in [0.5, 0.6) is 0 Å². The van der Waals surface area contributed by atoms with E-state index in [4.69, 9.17) is 0 Å². The fraction of sp³-hybridized carbons (Fsp3) is 0. The van der Waals surface area contributed by atoms with Gasteiger partial charge in [-0.15, -0.1) is 0 Å². The first-order valence-electron chi connectivity index (χ1n) is 18.5. The van der Waals surface area contributed by atoms with Gasteiger partial charge in [-0.05, 0) is 111 Å². The maximum absolute atomic E-state index is 2.40. The van der Waals surface area contributed by atoms with E-state index in [1.54, 1.807) is 0 Å². The molecule has 10 rings (SSSR count). The Morgan fingerprint density at radius 1 is 0.296 bits per heavy atom. The van der Waals surface area contributed by atoms with Gasteiger partial charge in [-0.1, -0.05) is 152 Å². The summed E-state index contributed by atoms with van der Waals surface area (Å²) in [5.74, 6) is 0.